The molecule has 1 unspecified atom stereocenters. The van der Waals surface area contributed by atoms with E-state index in [1.54, 1.807) is 6.20 Å². The van der Waals surface area contributed by atoms with Gasteiger partial charge in [0.25, 0.3) is 5.91 Å². The number of amides is 1. The molecule has 1 saturated heterocycles. The molecule has 32 heavy (non-hydrogen) atoms. The van der Waals surface area contributed by atoms with Gasteiger partial charge in [0.1, 0.15) is 17.4 Å². The van der Waals surface area contributed by atoms with Gasteiger partial charge in [0.2, 0.25) is 0 Å². The van der Waals surface area contributed by atoms with Crippen LogP contribution >= 0.6 is 0 Å². The van der Waals surface area contributed by atoms with Crippen LogP contribution in [0.3, 0.4) is 0 Å². The Kier molecular flexibility index (Phi) is 4.47. The molecule has 8 nitrogen and oxygen atoms in total. The molecule has 170 valence electrons. The van der Waals surface area contributed by atoms with E-state index in [2.05, 4.69) is 36.1 Å². The molecule has 2 aromatic heterocycles. The maximum absolute atomic E-state index is 13.2. The number of piperidine rings is 1. The van der Waals surface area contributed by atoms with Gasteiger partial charge in [-0.2, -0.15) is 10.2 Å². The molecule has 2 aliphatic heterocycles. The van der Waals surface area contributed by atoms with Crippen molar-refractivity contribution in [1.29, 1.82) is 0 Å². The van der Waals surface area contributed by atoms with Crippen molar-refractivity contribution in [3.63, 3.8) is 0 Å². The van der Waals surface area contributed by atoms with Crippen LogP contribution in [0.4, 0.5) is 0 Å². The minimum atomic E-state index is -0.736. The summed E-state index contributed by atoms with van der Waals surface area (Å²) in [6, 6.07) is 5.60. The van der Waals surface area contributed by atoms with E-state index in [9.17, 15) is 9.90 Å². The fourth-order valence-electron chi connectivity index (χ4n) is 4.99. The van der Waals surface area contributed by atoms with Gasteiger partial charge < -0.3 is 14.7 Å². The number of aromatic amines is 1. The Morgan fingerprint density at radius 3 is 2.66 bits per heavy atom. The van der Waals surface area contributed by atoms with Crippen LogP contribution in [-0.2, 0) is 5.54 Å². The first-order valence-electron chi connectivity index (χ1n) is 11.2. The van der Waals surface area contributed by atoms with Crippen molar-refractivity contribution in [1.82, 2.24) is 24.9 Å². The van der Waals surface area contributed by atoms with Crippen LogP contribution in [-0.4, -0.2) is 54.6 Å². The van der Waals surface area contributed by atoms with Gasteiger partial charge in [0.05, 0.1) is 23.4 Å². The third kappa shape index (κ3) is 3.03. The Labute approximate surface area is 187 Å². The van der Waals surface area contributed by atoms with Crippen molar-refractivity contribution in [2.75, 3.05) is 13.1 Å². The van der Waals surface area contributed by atoms with Crippen LogP contribution in [0.5, 0.6) is 5.75 Å². The lowest BCUT2D eigenvalue weighted by molar-refractivity contribution is -0.152. The molecule has 4 heterocycles. The van der Waals surface area contributed by atoms with Crippen LogP contribution in [0, 0.1) is 5.41 Å². The second-order valence-corrected chi connectivity index (χ2v) is 10.7. The number of ether oxygens (including phenoxy) is 1. The fraction of sp³-hybridized carbons (Fsp3) is 0.542. The third-order valence-corrected chi connectivity index (χ3v) is 7.36. The predicted molar refractivity (Wildman–Crippen MR) is 121 cm³/mol. The van der Waals surface area contributed by atoms with E-state index in [1.807, 2.05) is 47.8 Å². The van der Waals surface area contributed by atoms with Crippen LogP contribution in [0.2, 0.25) is 0 Å². The average molecular weight is 438 g/mol. The predicted octanol–water partition coefficient (Wildman–Crippen LogP) is 3.64. The van der Waals surface area contributed by atoms with E-state index < -0.39 is 17.1 Å². The van der Waals surface area contributed by atoms with Crippen molar-refractivity contribution in [2.24, 2.45) is 5.41 Å². The molecule has 5 rings (SSSR count). The van der Waals surface area contributed by atoms with E-state index in [0.29, 0.717) is 42.9 Å². The number of aliphatic hydroxyl groups excluding tert-OH is 1. The van der Waals surface area contributed by atoms with Crippen LogP contribution < -0.4 is 4.74 Å². The zero-order valence-corrected chi connectivity index (χ0v) is 19.3. The summed E-state index contributed by atoms with van der Waals surface area (Å²) in [4.78, 5) is 15.0. The molecular weight excluding hydrogens is 406 g/mol. The second-order valence-electron chi connectivity index (χ2n) is 10.7. The minimum Gasteiger partial charge on any atom is -0.483 e. The van der Waals surface area contributed by atoms with Crippen molar-refractivity contribution in [3.8, 4) is 5.75 Å². The summed E-state index contributed by atoms with van der Waals surface area (Å²) in [5, 5.41) is 23.8. The summed E-state index contributed by atoms with van der Waals surface area (Å²) in [5.74, 6) is 0.662. The zero-order chi connectivity index (χ0) is 22.9. The molecule has 0 aliphatic carbocycles. The Hall–Kier alpha value is -2.87. The van der Waals surface area contributed by atoms with Crippen molar-refractivity contribution in [2.45, 2.75) is 64.7 Å². The van der Waals surface area contributed by atoms with E-state index in [1.165, 1.54) is 0 Å². The first kappa shape index (κ1) is 21.0. The van der Waals surface area contributed by atoms with Gasteiger partial charge in [-0.25, -0.2) is 0 Å². The highest BCUT2D eigenvalue weighted by molar-refractivity contribution is 5.97. The number of carbonyl (C=O) groups is 1. The number of hydrogen-bond donors (Lipinski definition) is 2. The largest absolute Gasteiger partial charge is 0.483 e. The quantitative estimate of drug-likeness (QED) is 0.606. The maximum atomic E-state index is 13.2. The lowest BCUT2D eigenvalue weighted by atomic mass is 9.64. The standard InChI is InChI=1S/C24H31N5O3/c1-22(2,3)29-14-18-19(27-29)20(30)23(4,5)24(32-18)8-10-28(11-9-24)21(31)15-6-7-17-16(12-15)13-25-26-17/h6-7,12-14,20,30H,8-11H2,1-5H3,(H,25,26). The lowest BCUT2D eigenvalue weighted by Crippen LogP contribution is -2.60. The fourth-order valence-corrected chi connectivity index (χ4v) is 4.99. The molecule has 1 amide bonds. The summed E-state index contributed by atoms with van der Waals surface area (Å²) in [5.41, 5.74) is 0.870. The Morgan fingerprint density at radius 1 is 1.25 bits per heavy atom. The molecule has 1 atom stereocenters. The number of benzene rings is 1. The van der Waals surface area contributed by atoms with Gasteiger partial charge in [-0.1, -0.05) is 13.8 Å². The third-order valence-electron chi connectivity index (χ3n) is 7.36. The number of likely N-dealkylation sites (tertiary alicyclic amines) is 1. The molecule has 0 radical (unpaired) electrons. The molecular formula is C24H31N5O3. The van der Waals surface area contributed by atoms with Gasteiger partial charge in [-0.15, -0.1) is 0 Å². The molecule has 1 spiro atoms. The first-order valence-corrected chi connectivity index (χ1v) is 11.2. The van der Waals surface area contributed by atoms with Crippen LogP contribution in [0.1, 0.15) is 69.6 Å². The average Bonchev–Trinajstić information content (AvgIpc) is 3.38. The number of rotatable bonds is 1. The summed E-state index contributed by atoms with van der Waals surface area (Å²) < 4.78 is 8.47. The van der Waals surface area contributed by atoms with E-state index >= 15 is 0 Å². The van der Waals surface area contributed by atoms with Gasteiger partial charge in [-0.05, 0) is 39.0 Å². The monoisotopic (exact) mass is 437 g/mol. The summed E-state index contributed by atoms with van der Waals surface area (Å²) in [6.07, 6.45) is 4.19. The zero-order valence-electron chi connectivity index (χ0n) is 19.3. The van der Waals surface area contributed by atoms with Crippen LogP contribution in [0.15, 0.2) is 30.6 Å². The van der Waals surface area contributed by atoms with Gasteiger partial charge in [-0.3, -0.25) is 14.6 Å². The number of fused-ring (bicyclic) bond motifs is 2. The molecule has 2 N–H and O–H groups in total. The van der Waals surface area contributed by atoms with Gasteiger partial charge >= 0.3 is 0 Å². The maximum Gasteiger partial charge on any atom is 0.253 e. The van der Waals surface area contributed by atoms with Crippen molar-refractivity contribution in [3.05, 3.63) is 41.9 Å². The van der Waals surface area contributed by atoms with Crippen molar-refractivity contribution >= 4 is 16.8 Å². The summed E-state index contributed by atoms with van der Waals surface area (Å²) >= 11 is 0. The lowest BCUT2D eigenvalue weighted by Gasteiger charge is -2.54. The van der Waals surface area contributed by atoms with E-state index in [4.69, 9.17) is 4.74 Å². The van der Waals surface area contributed by atoms with Crippen molar-refractivity contribution < 1.29 is 14.6 Å². The Balaban J connectivity index is 1.38. The van der Waals surface area contributed by atoms with E-state index in [0.717, 1.165) is 10.9 Å². The number of carbonyl (C=O) groups excluding carboxylic acids is 1. The molecule has 8 heteroatoms. The highest BCUT2D eigenvalue weighted by atomic mass is 16.5. The highest BCUT2D eigenvalue weighted by Crippen LogP contribution is 2.55. The highest BCUT2D eigenvalue weighted by Gasteiger charge is 2.58. The number of aromatic nitrogens is 4. The SMILES string of the molecule is CC(C)(C)n1cc2c(n1)C(O)C(C)(C)C1(CCN(C(=O)c3ccc4[nH]ncc4c3)CC1)O2. The Morgan fingerprint density at radius 2 is 1.97 bits per heavy atom. The number of nitrogens with zero attached hydrogens (tertiary/aromatic N) is 4. The number of hydrogen-bond acceptors (Lipinski definition) is 5. The molecule has 0 bridgehead atoms. The topological polar surface area (TPSA) is 96.3 Å². The number of nitrogens with one attached hydrogen (secondary N) is 1. The molecule has 1 fully saturated rings. The Bertz CT molecular complexity index is 1180. The van der Waals surface area contributed by atoms with Gasteiger partial charge in [0, 0.05) is 42.3 Å². The van der Waals surface area contributed by atoms with Crippen LogP contribution in [0.25, 0.3) is 10.9 Å². The normalized spacial score (nSPS) is 22.1. The minimum absolute atomic E-state index is 0.0124. The molecule has 0 saturated carbocycles. The smallest absolute Gasteiger partial charge is 0.253 e. The summed E-state index contributed by atoms with van der Waals surface area (Å²) in [7, 11) is 0. The summed E-state index contributed by atoms with van der Waals surface area (Å²) in [6.45, 7) is 11.4. The molecule has 3 aromatic rings. The molecule has 1 aromatic carbocycles. The van der Waals surface area contributed by atoms with E-state index in [-0.39, 0.29) is 11.4 Å². The second kappa shape index (κ2) is 6.81. The number of H-pyrrole nitrogens is 1. The first-order chi connectivity index (χ1) is 15.0. The molecule has 2 aliphatic rings. The number of aliphatic hydroxyl groups is 1. The van der Waals surface area contributed by atoms with Gasteiger partial charge in [0.15, 0.2) is 5.75 Å².